The van der Waals surface area contributed by atoms with Crippen molar-refractivity contribution in [1.29, 1.82) is 0 Å². The van der Waals surface area contributed by atoms with E-state index < -0.39 is 16.1 Å². The highest BCUT2D eigenvalue weighted by Gasteiger charge is 2.50. The van der Waals surface area contributed by atoms with Gasteiger partial charge in [0.2, 0.25) is 0 Å². The summed E-state index contributed by atoms with van der Waals surface area (Å²) in [6, 6.07) is 6.26. The summed E-state index contributed by atoms with van der Waals surface area (Å²) in [5, 5.41) is 2.89. The van der Waals surface area contributed by atoms with E-state index in [9.17, 15) is 13.2 Å². The molecule has 0 saturated carbocycles. The van der Waals surface area contributed by atoms with Gasteiger partial charge in [0, 0.05) is 11.8 Å². The molecule has 1 saturated heterocycles. The zero-order valence-corrected chi connectivity index (χ0v) is 24.4. The maximum absolute atomic E-state index is 13.1. The van der Waals surface area contributed by atoms with Crippen LogP contribution in [0.25, 0.3) is 0 Å². The fourth-order valence-electron chi connectivity index (χ4n) is 5.93. The van der Waals surface area contributed by atoms with Crippen LogP contribution in [-0.4, -0.2) is 39.9 Å². The Morgan fingerprint density at radius 3 is 2.18 bits per heavy atom. The van der Waals surface area contributed by atoms with Crippen molar-refractivity contribution in [3.63, 3.8) is 0 Å². The lowest BCUT2D eigenvalue weighted by Crippen LogP contribution is -2.41. The monoisotopic (exact) mass is 554 g/mol. The number of aryl methyl sites for hydroxylation is 3. The van der Waals surface area contributed by atoms with Crippen molar-refractivity contribution in [1.82, 2.24) is 4.72 Å². The molecule has 0 bridgehead atoms. The number of sulfonamides is 1. The lowest BCUT2D eigenvalue weighted by Gasteiger charge is -2.32. The minimum absolute atomic E-state index is 0.0206. The fraction of sp³-hybridized carbons (Fsp3) is 0.552. The van der Waals surface area contributed by atoms with Gasteiger partial charge >= 0.3 is 13.1 Å². The van der Waals surface area contributed by atoms with E-state index in [0.717, 1.165) is 67.3 Å². The zero-order chi connectivity index (χ0) is 28.0. The Kier molecular flexibility index (Phi) is 7.50. The Hall–Kier alpha value is -2.56. The first-order valence-corrected chi connectivity index (χ1v) is 15.4. The predicted octanol–water partition coefficient (Wildman–Crippen LogP) is 5.21. The quantitative estimate of drug-likeness (QED) is 0.435. The number of methoxy groups -OCH3 is 1. The number of nitrogens with one attached hydrogen (secondary N) is 2. The fourth-order valence-corrected chi connectivity index (χ4v) is 6.85. The molecule has 1 heterocycles. The van der Waals surface area contributed by atoms with Crippen molar-refractivity contribution in [2.45, 2.75) is 101 Å². The molecule has 2 aliphatic carbocycles. The molecule has 0 radical (unpaired) electrons. The second kappa shape index (κ2) is 10.4. The Morgan fingerprint density at radius 2 is 1.59 bits per heavy atom. The zero-order valence-electron chi connectivity index (χ0n) is 23.6. The molecule has 1 fully saturated rings. The van der Waals surface area contributed by atoms with Crippen LogP contribution >= 0.6 is 0 Å². The van der Waals surface area contributed by atoms with Crippen LogP contribution in [0.5, 0.6) is 5.75 Å². The number of hydrogen-bond acceptors (Lipinski definition) is 6. The number of ether oxygens (including phenoxy) is 1. The largest absolute Gasteiger partial charge is 0.496 e. The van der Waals surface area contributed by atoms with Crippen LogP contribution in [0.3, 0.4) is 0 Å². The molecule has 10 heteroatoms. The number of rotatable bonds is 8. The Morgan fingerprint density at radius 1 is 0.974 bits per heavy atom. The number of urea groups is 1. The number of hydrogen-bond donors (Lipinski definition) is 2. The van der Waals surface area contributed by atoms with E-state index in [-0.39, 0.29) is 23.2 Å². The van der Waals surface area contributed by atoms with Crippen LogP contribution in [0, 0.1) is 0 Å². The first-order chi connectivity index (χ1) is 18.4. The Balaban J connectivity index is 1.24. The van der Waals surface area contributed by atoms with Crippen molar-refractivity contribution in [2.75, 3.05) is 12.4 Å². The highest BCUT2D eigenvalue weighted by atomic mass is 32.2. The molecule has 1 aliphatic heterocycles. The standard InChI is InChI=1S/C29H39BN2O6S/c1-28(2)29(3,4)38-30(37-28)16-8-11-19-14-15-22(18-25(19)36-5)39(34,35)32-27(33)31-26-23-12-6-9-20(23)17-21-10-7-13-24(21)26/h14-15,17-18H,6-13,16H2,1-5H3,(H2,31,32,33). The third-order valence-electron chi connectivity index (χ3n) is 8.70. The number of fused-ring (bicyclic) bond motifs is 2. The van der Waals surface area contributed by atoms with Crippen molar-refractivity contribution in [3.05, 3.63) is 52.1 Å². The summed E-state index contributed by atoms with van der Waals surface area (Å²) in [5.41, 5.74) is 5.79. The van der Waals surface area contributed by atoms with Crippen LogP contribution in [0.2, 0.25) is 6.32 Å². The first kappa shape index (κ1) is 28.0. The maximum Gasteiger partial charge on any atom is 0.457 e. The first-order valence-electron chi connectivity index (χ1n) is 13.9. The van der Waals surface area contributed by atoms with Gasteiger partial charge in [-0.1, -0.05) is 18.6 Å². The van der Waals surface area contributed by atoms with Crippen LogP contribution in [0.4, 0.5) is 10.5 Å². The second-order valence-corrected chi connectivity index (χ2v) is 13.5. The van der Waals surface area contributed by atoms with Gasteiger partial charge in [0.05, 0.1) is 23.2 Å². The van der Waals surface area contributed by atoms with E-state index >= 15 is 0 Å². The molecule has 5 rings (SSSR count). The molecule has 0 unspecified atom stereocenters. The Labute approximate surface area is 232 Å². The van der Waals surface area contributed by atoms with Gasteiger partial charge < -0.3 is 19.4 Å². The van der Waals surface area contributed by atoms with E-state index in [1.54, 1.807) is 6.07 Å². The lowest BCUT2D eigenvalue weighted by atomic mass is 9.82. The van der Waals surface area contributed by atoms with Gasteiger partial charge in [0.15, 0.2) is 0 Å². The molecule has 39 heavy (non-hydrogen) atoms. The summed E-state index contributed by atoms with van der Waals surface area (Å²) in [5.74, 6) is 0.464. The SMILES string of the molecule is COc1cc(S(=O)(=O)NC(=O)Nc2c3c(cc4c2CCC4)CCC3)ccc1CCCB1OC(C)(C)C(C)(C)O1. The van der Waals surface area contributed by atoms with E-state index in [2.05, 4.69) is 16.1 Å². The number of amides is 2. The van der Waals surface area contributed by atoms with Crippen LogP contribution in [0.1, 0.15) is 74.8 Å². The summed E-state index contributed by atoms with van der Waals surface area (Å²) in [6.45, 7) is 8.12. The number of carbonyl (C=O) groups is 1. The van der Waals surface area contributed by atoms with Gasteiger partial charge in [0.1, 0.15) is 5.75 Å². The van der Waals surface area contributed by atoms with Gasteiger partial charge in [-0.05, 0) is 113 Å². The Bertz CT molecular complexity index is 1340. The topological polar surface area (TPSA) is 103 Å². The lowest BCUT2D eigenvalue weighted by molar-refractivity contribution is 0.00578. The highest BCUT2D eigenvalue weighted by molar-refractivity contribution is 7.90. The van der Waals surface area contributed by atoms with Gasteiger partial charge in [-0.25, -0.2) is 17.9 Å². The summed E-state index contributed by atoms with van der Waals surface area (Å²) < 4.78 is 46.1. The third-order valence-corrected chi connectivity index (χ3v) is 10.0. The molecule has 0 atom stereocenters. The van der Waals surface area contributed by atoms with E-state index in [4.69, 9.17) is 14.0 Å². The molecule has 8 nitrogen and oxygen atoms in total. The van der Waals surface area contributed by atoms with E-state index in [0.29, 0.717) is 18.5 Å². The van der Waals surface area contributed by atoms with Gasteiger partial charge in [0.25, 0.3) is 10.0 Å². The summed E-state index contributed by atoms with van der Waals surface area (Å²) in [6.07, 6.45) is 8.07. The third kappa shape index (κ3) is 5.56. The highest BCUT2D eigenvalue weighted by Crippen LogP contribution is 2.39. The molecule has 210 valence electrons. The van der Waals surface area contributed by atoms with E-state index in [1.165, 1.54) is 30.4 Å². The second-order valence-electron chi connectivity index (χ2n) is 11.8. The minimum Gasteiger partial charge on any atom is -0.496 e. The van der Waals surface area contributed by atoms with E-state index in [1.807, 2.05) is 27.7 Å². The average molecular weight is 555 g/mol. The number of carbonyl (C=O) groups excluding carboxylic acids is 1. The summed E-state index contributed by atoms with van der Waals surface area (Å²) in [4.78, 5) is 12.9. The van der Waals surface area contributed by atoms with Crippen molar-refractivity contribution in [2.24, 2.45) is 0 Å². The summed E-state index contributed by atoms with van der Waals surface area (Å²) >= 11 is 0. The molecule has 0 spiro atoms. The van der Waals surface area contributed by atoms with Gasteiger partial charge in [-0.3, -0.25) is 0 Å². The molecular weight excluding hydrogens is 515 g/mol. The van der Waals surface area contributed by atoms with Crippen LogP contribution < -0.4 is 14.8 Å². The molecule has 2 N–H and O–H groups in total. The summed E-state index contributed by atoms with van der Waals surface area (Å²) in [7, 11) is -2.87. The van der Waals surface area contributed by atoms with Gasteiger partial charge in [-0.2, -0.15) is 0 Å². The smallest absolute Gasteiger partial charge is 0.457 e. The molecule has 0 aromatic heterocycles. The number of anilines is 1. The molecule has 3 aliphatic rings. The maximum atomic E-state index is 13.1. The van der Waals surface area contributed by atoms with Crippen molar-refractivity contribution in [3.8, 4) is 5.75 Å². The molecule has 2 amide bonds. The number of benzene rings is 2. The predicted molar refractivity (Wildman–Crippen MR) is 152 cm³/mol. The minimum atomic E-state index is -4.10. The van der Waals surface area contributed by atoms with Crippen molar-refractivity contribution >= 4 is 28.9 Å². The normalized spacial score (nSPS) is 19.1. The van der Waals surface area contributed by atoms with Gasteiger partial charge in [-0.15, -0.1) is 0 Å². The van der Waals surface area contributed by atoms with Crippen LogP contribution in [-0.2, 0) is 51.4 Å². The average Bonchev–Trinajstić information content (AvgIpc) is 3.56. The van der Waals surface area contributed by atoms with Crippen LogP contribution in [0.15, 0.2) is 29.2 Å². The van der Waals surface area contributed by atoms with Crippen molar-refractivity contribution < 1.29 is 27.3 Å². The molecule has 2 aromatic carbocycles. The molecule has 2 aromatic rings. The molecular formula is C29H39BN2O6S.